The number of benzene rings is 2. The third-order valence-electron chi connectivity index (χ3n) is 4.78. The van der Waals surface area contributed by atoms with Crippen LogP contribution in [0.4, 0.5) is 16.2 Å². The van der Waals surface area contributed by atoms with Gasteiger partial charge in [0.25, 0.3) is 5.91 Å². The summed E-state index contributed by atoms with van der Waals surface area (Å²) < 4.78 is 37.7. The maximum absolute atomic E-state index is 12.9. The fraction of sp³-hybridized carbons (Fsp3) is 0.364. The van der Waals surface area contributed by atoms with Crippen LogP contribution in [0.15, 0.2) is 53.4 Å². The Labute approximate surface area is 187 Å². The molecule has 0 saturated carbocycles. The maximum Gasteiger partial charge on any atom is 0.411 e. The van der Waals surface area contributed by atoms with Crippen molar-refractivity contribution in [1.82, 2.24) is 4.31 Å². The molecule has 172 valence electrons. The van der Waals surface area contributed by atoms with Crippen molar-refractivity contribution in [3.8, 4) is 0 Å². The van der Waals surface area contributed by atoms with Crippen LogP contribution >= 0.6 is 0 Å². The molecule has 2 aromatic carbocycles. The van der Waals surface area contributed by atoms with Crippen LogP contribution in [0, 0.1) is 0 Å². The molecule has 9 nitrogen and oxygen atoms in total. The Bertz CT molecular complexity index is 1060. The normalized spacial score (nSPS) is 19.2. The van der Waals surface area contributed by atoms with Crippen molar-refractivity contribution in [2.45, 2.75) is 37.9 Å². The van der Waals surface area contributed by atoms with Crippen molar-refractivity contribution in [2.75, 3.05) is 30.3 Å². The Hall–Kier alpha value is -2.95. The number of hydrogen-bond acceptors (Lipinski definition) is 6. The van der Waals surface area contributed by atoms with Crippen molar-refractivity contribution in [2.24, 2.45) is 0 Å². The van der Waals surface area contributed by atoms with E-state index < -0.39 is 22.0 Å². The number of anilines is 2. The van der Waals surface area contributed by atoms with E-state index in [1.54, 1.807) is 37.3 Å². The molecular weight excluding hydrogens is 434 g/mol. The van der Waals surface area contributed by atoms with Crippen LogP contribution in [-0.2, 0) is 19.5 Å². The van der Waals surface area contributed by atoms with E-state index >= 15 is 0 Å². The van der Waals surface area contributed by atoms with E-state index in [2.05, 4.69) is 10.6 Å². The average Bonchev–Trinajstić information content (AvgIpc) is 2.74. The van der Waals surface area contributed by atoms with Crippen molar-refractivity contribution in [3.05, 3.63) is 54.1 Å². The minimum Gasteiger partial charge on any atom is -0.450 e. The third kappa shape index (κ3) is 5.84. The van der Waals surface area contributed by atoms with Gasteiger partial charge in [-0.3, -0.25) is 10.1 Å². The van der Waals surface area contributed by atoms with Crippen LogP contribution in [0.1, 0.15) is 31.1 Å². The molecule has 3 rings (SSSR count). The summed E-state index contributed by atoms with van der Waals surface area (Å²) in [5.41, 5.74) is 1.19. The van der Waals surface area contributed by atoms with Gasteiger partial charge in [0, 0.05) is 30.0 Å². The lowest BCUT2D eigenvalue weighted by molar-refractivity contribution is -0.0440. The first-order valence-electron chi connectivity index (χ1n) is 10.3. The van der Waals surface area contributed by atoms with Crippen molar-refractivity contribution in [3.63, 3.8) is 0 Å². The number of morpholine rings is 1. The van der Waals surface area contributed by atoms with Crippen molar-refractivity contribution < 1.29 is 27.5 Å². The van der Waals surface area contributed by atoms with Crippen molar-refractivity contribution >= 4 is 33.4 Å². The molecule has 10 heteroatoms. The number of ether oxygens (including phenoxy) is 2. The van der Waals surface area contributed by atoms with E-state index in [0.29, 0.717) is 30.0 Å². The van der Waals surface area contributed by atoms with Gasteiger partial charge in [0.15, 0.2) is 0 Å². The van der Waals surface area contributed by atoms with Gasteiger partial charge in [-0.2, -0.15) is 4.31 Å². The summed E-state index contributed by atoms with van der Waals surface area (Å²) in [7, 11) is -3.66. The molecule has 1 fully saturated rings. The van der Waals surface area contributed by atoms with Gasteiger partial charge in [0.05, 0.1) is 23.7 Å². The summed E-state index contributed by atoms with van der Waals surface area (Å²) in [6, 6.07) is 12.4. The van der Waals surface area contributed by atoms with Crippen LogP contribution in [0.3, 0.4) is 0 Å². The summed E-state index contributed by atoms with van der Waals surface area (Å²) in [4.78, 5) is 24.3. The SMILES string of the molecule is CCOC(=O)Nc1cccc(C(=O)Nc2ccc(S(=O)(=O)N3C[C@H](C)O[C@@H](C)C3)cc2)c1. The molecule has 2 amide bonds. The standard InChI is InChI=1S/C22H27N3O6S/c1-4-30-22(27)24-19-7-5-6-17(12-19)21(26)23-18-8-10-20(11-9-18)32(28,29)25-13-15(2)31-16(3)14-25/h5-12,15-16H,4,13-14H2,1-3H3,(H,23,26)(H,24,27)/t15-,16-/m0/s1. The second kappa shape index (κ2) is 10.1. The zero-order valence-electron chi connectivity index (χ0n) is 18.2. The quantitative estimate of drug-likeness (QED) is 0.682. The molecule has 0 aliphatic carbocycles. The predicted molar refractivity (Wildman–Crippen MR) is 120 cm³/mol. The molecule has 1 aliphatic rings. The van der Waals surface area contributed by atoms with Gasteiger partial charge in [-0.1, -0.05) is 6.07 Å². The molecule has 0 unspecified atom stereocenters. The number of amides is 2. The summed E-state index contributed by atoms with van der Waals surface area (Å²) in [5.74, 6) is -0.399. The molecule has 0 bridgehead atoms. The molecule has 0 spiro atoms. The van der Waals surface area contributed by atoms with Gasteiger partial charge < -0.3 is 14.8 Å². The van der Waals surface area contributed by atoms with Gasteiger partial charge in [0.2, 0.25) is 10.0 Å². The first-order valence-corrected chi connectivity index (χ1v) is 11.7. The minimum atomic E-state index is -3.66. The van der Waals surface area contributed by atoms with E-state index in [0.717, 1.165) is 0 Å². The zero-order valence-corrected chi connectivity index (χ0v) is 19.0. The number of carbonyl (C=O) groups excluding carboxylic acids is 2. The van der Waals surface area contributed by atoms with Gasteiger partial charge in [-0.15, -0.1) is 0 Å². The monoisotopic (exact) mass is 461 g/mol. The van der Waals surface area contributed by atoms with Gasteiger partial charge in [-0.25, -0.2) is 13.2 Å². The lowest BCUT2D eigenvalue weighted by Crippen LogP contribution is -2.48. The molecule has 0 aromatic heterocycles. The number of hydrogen-bond donors (Lipinski definition) is 2. The predicted octanol–water partition coefficient (Wildman–Crippen LogP) is 3.31. The Balaban J connectivity index is 1.68. The largest absolute Gasteiger partial charge is 0.450 e. The first-order chi connectivity index (χ1) is 15.2. The summed E-state index contributed by atoms with van der Waals surface area (Å²) in [6.45, 7) is 6.20. The highest BCUT2D eigenvalue weighted by molar-refractivity contribution is 7.89. The molecule has 2 atom stereocenters. The highest BCUT2D eigenvalue weighted by Crippen LogP contribution is 2.23. The zero-order chi connectivity index (χ0) is 23.3. The Morgan fingerprint density at radius 2 is 1.69 bits per heavy atom. The fourth-order valence-corrected chi connectivity index (χ4v) is 5.00. The highest BCUT2D eigenvalue weighted by Gasteiger charge is 2.32. The molecule has 32 heavy (non-hydrogen) atoms. The lowest BCUT2D eigenvalue weighted by atomic mass is 10.2. The number of rotatable bonds is 6. The number of carbonyl (C=O) groups is 2. The lowest BCUT2D eigenvalue weighted by Gasteiger charge is -2.34. The van der Waals surface area contributed by atoms with E-state index in [-0.39, 0.29) is 23.7 Å². The van der Waals surface area contributed by atoms with Crippen LogP contribution in [0.2, 0.25) is 0 Å². The molecule has 1 saturated heterocycles. The van der Waals surface area contributed by atoms with Crippen LogP contribution in [-0.4, -0.2) is 56.6 Å². The smallest absolute Gasteiger partial charge is 0.411 e. The third-order valence-corrected chi connectivity index (χ3v) is 6.63. The van der Waals surface area contributed by atoms with Crippen LogP contribution < -0.4 is 10.6 Å². The maximum atomic E-state index is 12.9. The Morgan fingerprint density at radius 3 is 2.31 bits per heavy atom. The molecule has 0 radical (unpaired) electrons. The van der Waals surface area contributed by atoms with Gasteiger partial charge in [-0.05, 0) is 63.2 Å². The Kier molecular flexibility index (Phi) is 7.49. The second-order valence-corrected chi connectivity index (χ2v) is 9.42. The average molecular weight is 462 g/mol. The van der Waals surface area contributed by atoms with E-state index in [1.807, 2.05) is 13.8 Å². The molecule has 2 aromatic rings. The number of nitrogens with one attached hydrogen (secondary N) is 2. The van der Waals surface area contributed by atoms with Gasteiger partial charge in [0.1, 0.15) is 0 Å². The molecule has 1 heterocycles. The first kappa shape index (κ1) is 23.7. The highest BCUT2D eigenvalue weighted by atomic mass is 32.2. The number of sulfonamides is 1. The molecular formula is C22H27N3O6S. The molecule has 1 aliphatic heterocycles. The van der Waals surface area contributed by atoms with Crippen LogP contribution in [0.25, 0.3) is 0 Å². The summed E-state index contributed by atoms with van der Waals surface area (Å²) in [6.07, 6.45) is -0.965. The topological polar surface area (TPSA) is 114 Å². The van der Waals surface area contributed by atoms with Crippen LogP contribution in [0.5, 0.6) is 0 Å². The Morgan fingerprint density at radius 1 is 1.03 bits per heavy atom. The van der Waals surface area contributed by atoms with E-state index in [9.17, 15) is 18.0 Å². The summed E-state index contributed by atoms with van der Waals surface area (Å²) >= 11 is 0. The molecule has 2 N–H and O–H groups in total. The van der Waals surface area contributed by atoms with Gasteiger partial charge >= 0.3 is 6.09 Å². The summed E-state index contributed by atoms with van der Waals surface area (Å²) in [5, 5.41) is 5.27. The fourth-order valence-electron chi connectivity index (χ4n) is 3.41. The second-order valence-electron chi connectivity index (χ2n) is 7.48. The van der Waals surface area contributed by atoms with E-state index in [1.165, 1.54) is 22.5 Å². The number of nitrogens with zero attached hydrogens (tertiary/aromatic N) is 1. The van der Waals surface area contributed by atoms with Crippen molar-refractivity contribution in [1.29, 1.82) is 0 Å². The minimum absolute atomic E-state index is 0.150. The van der Waals surface area contributed by atoms with E-state index in [4.69, 9.17) is 9.47 Å².